The van der Waals surface area contributed by atoms with Gasteiger partial charge in [0.1, 0.15) is 23.9 Å². The number of phenolic OH excluding ortho intramolecular Hbond substituents is 1. The van der Waals surface area contributed by atoms with Gasteiger partial charge in [-0.25, -0.2) is 14.8 Å². The van der Waals surface area contributed by atoms with Crippen LogP contribution in [-0.4, -0.2) is 28.2 Å². The number of halogens is 3. The Kier molecular flexibility index (Phi) is 6.80. The summed E-state index contributed by atoms with van der Waals surface area (Å²) in [7, 11) is 1.11. The highest BCUT2D eigenvalue weighted by Crippen LogP contribution is 2.46. The number of anilines is 1. The van der Waals surface area contributed by atoms with Crippen molar-refractivity contribution in [1.29, 1.82) is 0 Å². The van der Waals surface area contributed by atoms with Crippen LogP contribution < -0.4 is 10.5 Å². The number of methoxy groups -OCH3 is 1. The van der Waals surface area contributed by atoms with Crippen LogP contribution in [0.1, 0.15) is 33.1 Å². The quantitative estimate of drug-likeness (QED) is 0.315. The molecule has 0 saturated carbocycles. The van der Waals surface area contributed by atoms with Gasteiger partial charge < -0.3 is 24.7 Å². The lowest BCUT2D eigenvalue weighted by molar-refractivity contribution is -0.140. The maximum atomic E-state index is 14.1. The number of benzene rings is 2. The number of aromatic hydroxyl groups is 1. The molecule has 0 saturated heterocycles. The number of esters is 1. The molecule has 2 heterocycles. The van der Waals surface area contributed by atoms with E-state index >= 15 is 0 Å². The van der Waals surface area contributed by atoms with Crippen molar-refractivity contribution in [3.8, 4) is 33.9 Å². The number of ether oxygens (including phenoxy) is 2. The van der Waals surface area contributed by atoms with E-state index in [2.05, 4.69) is 14.7 Å². The van der Waals surface area contributed by atoms with E-state index in [0.29, 0.717) is 5.75 Å². The van der Waals surface area contributed by atoms with Crippen LogP contribution in [0.25, 0.3) is 22.4 Å². The lowest BCUT2D eigenvalue weighted by atomic mass is 9.95. The number of nitrogen functional groups attached to an aromatic ring is 1. The second-order valence-electron chi connectivity index (χ2n) is 8.08. The van der Waals surface area contributed by atoms with Crippen LogP contribution in [0.4, 0.5) is 19.1 Å². The molecule has 0 aliphatic carbocycles. The predicted octanol–water partition coefficient (Wildman–Crippen LogP) is 5.69. The summed E-state index contributed by atoms with van der Waals surface area (Å²) in [5.74, 6) is -1.87. The second kappa shape index (κ2) is 9.84. The number of furan rings is 1. The van der Waals surface area contributed by atoms with Gasteiger partial charge in [-0.3, -0.25) is 0 Å². The summed E-state index contributed by atoms with van der Waals surface area (Å²) >= 11 is 0. The van der Waals surface area contributed by atoms with E-state index in [1.165, 1.54) is 19.1 Å². The van der Waals surface area contributed by atoms with Crippen molar-refractivity contribution in [3.05, 3.63) is 76.9 Å². The van der Waals surface area contributed by atoms with Crippen LogP contribution in [0, 0.1) is 13.8 Å². The van der Waals surface area contributed by atoms with E-state index in [1.54, 1.807) is 6.92 Å². The predicted molar refractivity (Wildman–Crippen MR) is 128 cm³/mol. The molecule has 4 aromatic rings. The van der Waals surface area contributed by atoms with Crippen molar-refractivity contribution in [2.24, 2.45) is 0 Å². The van der Waals surface area contributed by atoms with Gasteiger partial charge in [-0.15, -0.1) is 0 Å². The second-order valence-corrected chi connectivity index (χ2v) is 8.08. The standard InChI is InChI=1S/C26H22F3N3O5/c1-13-18(36-12-15-7-5-4-6-8-15)10-9-16(22(13)33)21-20(23(26(27,28)29)32-25(30)31-21)17-11-19(24(34)35-3)37-14(17)2/h4-11,33H,12H2,1-3H3,(H2,30,31,32). The number of aromatic nitrogens is 2. The fraction of sp³-hybridized carbons (Fsp3) is 0.192. The van der Waals surface area contributed by atoms with Gasteiger partial charge >= 0.3 is 12.1 Å². The molecule has 0 aliphatic heterocycles. The van der Waals surface area contributed by atoms with Gasteiger partial charge in [0.15, 0.2) is 5.69 Å². The minimum atomic E-state index is -4.94. The number of nitrogens with two attached hydrogens (primary N) is 1. The lowest BCUT2D eigenvalue weighted by Crippen LogP contribution is -2.14. The molecule has 0 bridgehead atoms. The summed E-state index contributed by atoms with van der Waals surface area (Å²) in [6, 6.07) is 13.3. The average molecular weight is 513 g/mol. The largest absolute Gasteiger partial charge is 0.507 e. The smallest absolute Gasteiger partial charge is 0.434 e. The molecule has 2 aromatic heterocycles. The van der Waals surface area contributed by atoms with Gasteiger partial charge in [-0.05, 0) is 37.6 Å². The molecule has 192 valence electrons. The van der Waals surface area contributed by atoms with Crippen molar-refractivity contribution in [3.63, 3.8) is 0 Å². The van der Waals surface area contributed by atoms with E-state index < -0.39 is 29.4 Å². The molecule has 3 N–H and O–H groups in total. The van der Waals surface area contributed by atoms with Gasteiger partial charge in [0, 0.05) is 22.3 Å². The number of alkyl halides is 3. The molecule has 0 radical (unpaired) electrons. The minimum Gasteiger partial charge on any atom is -0.507 e. The Hall–Kier alpha value is -4.54. The zero-order chi connectivity index (χ0) is 26.9. The number of rotatable bonds is 6. The van der Waals surface area contributed by atoms with Crippen LogP contribution in [-0.2, 0) is 17.5 Å². The van der Waals surface area contributed by atoms with E-state index in [9.17, 15) is 23.1 Å². The highest BCUT2D eigenvalue weighted by atomic mass is 19.4. The summed E-state index contributed by atoms with van der Waals surface area (Å²) in [4.78, 5) is 19.4. The molecule has 8 nitrogen and oxygen atoms in total. The summed E-state index contributed by atoms with van der Waals surface area (Å²) in [5.41, 5.74) is 4.53. The molecular formula is C26H22F3N3O5. The zero-order valence-corrected chi connectivity index (χ0v) is 20.0. The molecule has 11 heteroatoms. The number of hydrogen-bond acceptors (Lipinski definition) is 8. The minimum absolute atomic E-state index is 0.0143. The van der Waals surface area contributed by atoms with Crippen molar-refractivity contribution in [2.75, 3.05) is 12.8 Å². The van der Waals surface area contributed by atoms with E-state index in [0.717, 1.165) is 18.7 Å². The third-order valence-corrected chi connectivity index (χ3v) is 5.64. The summed E-state index contributed by atoms with van der Waals surface area (Å²) < 4.78 is 58.2. The fourth-order valence-corrected chi connectivity index (χ4v) is 3.83. The number of hydrogen-bond donors (Lipinski definition) is 2. The number of nitrogens with zero attached hydrogens (tertiary/aromatic N) is 2. The van der Waals surface area contributed by atoms with Crippen molar-refractivity contribution in [1.82, 2.24) is 9.97 Å². The monoisotopic (exact) mass is 513 g/mol. The summed E-state index contributed by atoms with van der Waals surface area (Å²) in [6.45, 7) is 3.16. The maximum Gasteiger partial charge on any atom is 0.434 e. The Labute approximate surface area is 209 Å². The topological polar surface area (TPSA) is 121 Å². The Morgan fingerprint density at radius 3 is 2.43 bits per heavy atom. The first-order chi connectivity index (χ1) is 17.5. The SMILES string of the molecule is COC(=O)c1cc(-c2c(-c3ccc(OCc4ccccc4)c(C)c3O)nc(N)nc2C(F)(F)F)c(C)o1. The average Bonchev–Trinajstić information content (AvgIpc) is 3.25. The highest BCUT2D eigenvalue weighted by Gasteiger charge is 2.40. The lowest BCUT2D eigenvalue weighted by Gasteiger charge is -2.18. The van der Waals surface area contributed by atoms with Gasteiger partial charge in [-0.1, -0.05) is 30.3 Å². The van der Waals surface area contributed by atoms with Crippen LogP contribution in [0.2, 0.25) is 0 Å². The Morgan fingerprint density at radius 2 is 1.78 bits per heavy atom. The van der Waals surface area contributed by atoms with Crippen LogP contribution in [0.15, 0.2) is 52.9 Å². The van der Waals surface area contributed by atoms with Crippen molar-refractivity contribution in [2.45, 2.75) is 26.6 Å². The van der Waals surface area contributed by atoms with Gasteiger partial charge in [0.25, 0.3) is 0 Å². The first-order valence-corrected chi connectivity index (χ1v) is 10.9. The number of carbonyl (C=O) groups excluding carboxylic acids is 1. The van der Waals surface area contributed by atoms with Crippen molar-refractivity contribution >= 4 is 11.9 Å². The molecule has 0 atom stereocenters. The zero-order valence-electron chi connectivity index (χ0n) is 20.0. The van der Waals surface area contributed by atoms with Crippen molar-refractivity contribution < 1.29 is 37.0 Å². The number of phenols is 1. The Balaban J connectivity index is 1.88. The number of carbonyl (C=O) groups is 1. The van der Waals surface area contributed by atoms with Gasteiger partial charge in [0.05, 0.1) is 12.8 Å². The molecule has 2 aromatic carbocycles. The summed E-state index contributed by atoms with van der Waals surface area (Å²) in [6.07, 6.45) is -4.94. The molecule has 0 unspecified atom stereocenters. The molecule has 37 heavy (non-hydrogen) atoms. The van der Waals surface area contributed by atoms with E-state index in [-0.39, 0.29) is 46.3 Å². The van der Waals surface area contributed by atoms with Gasteiger partial charge in [0.2, 0.25) is 11.7 Å². The Morgan fingerprint density at radius 1 is 1.08 bits per heavy atom. The van der Waals surface area contributed by atoms with Crippen LogP contribution in [0.3, 0.4) is 0 Å². The molecule has 0 aliphatic rings. The normalized spacial score (nSPS) is 11.4. The first kappa shape index (κ1) is 25.5. The van der Waals surface area contributed by atoms with E-state index in [1.807, 2.05) is 30.3 Å². The van der Waals surface area contributed by atoms with Crippen LogP contribution in [0.5, 0.6) is 11.5 Å². The summed E-state index contributed by atoms with van der Waals surface area (Å²) in [5, 5.41) is 11.0. The molecule has 0 amide bonds. The fourth-order valence-electron chi connectivity index (χ4n) is 3.83. The Bertz CT molecular complexity index is 1470. The molecule has 0 spiro atoms. The first-order valence-electron chi connectivity index (χ1n) is 10.9. The van der Waals surface area contributed by atoms with Gasteiger partial charge in [-0.2, -0.15) is 13.2 Å². The van der Waals surface area contributed by atoms with E-state index in [4.69, 9.17) is 14.9 Å². The molecule has 4 rings (SSSR count). The third kappa shape index (κ3) is 5.06. The third-order valence-electron chi connectivity index (χ3n) is 5.64. The van der Waals surface area contributed by atoms with Crippen LogP contribution >= 0.6 is 0 Å². The maximum absolute atomic E-state index is 14.1. The highest BCUT2D eigenvalue weighted by molar-refractivity contribution is 5.92. The molecular weight excluding hydrogens is 491 g/mol. The molecule has 0 fully saturated rings. The number of aryl methyl sites for hydroxylation is 1.